The fourth-order valence-corrected chi connectivity index (χ4v) is 2.53. The van der Waals surface area contributed by atoms with Crippen molar-refractivity contribution in [3.05, 3.63) is 41.8 Å². The Balaban J connectivity index is 1.60. The maximum Gasteiger partial charge on any atom is 0.244 e. The molecule has 0 fully saturated rings. The number of fused-ring (bicyclic) bond motifs is 1. The van der Waals surface area contributed by atoms with Gasteiger partial charge in [-0.15, -0.1) is 5.10 Å². The first-order valence-electron chi connectivity index (χ1n) is 6.90. The van der Waals surface area contributed by atoms with E-state index >= 15 is 0 Å². The van der Waals surface area contributed by atoms with Crippen LogP contribution in [0.3, 0.4) is 0 Å². The Kier molecular flexibility index (Phi) is 4.06. The van der Waals surface area contributed by atoms with E-state index in [0.29, 0.717) is 13.1 Å². The first-order valence-corrected chi connectivity index (χ1v) is 7.28. The predicted molar refractivity (Wildman–Crippen MR) is 82.5 cm³/mol. The van der Waals surface area contributed by atoms with E-state index in [1.54, 1.807) is 6.92 Å². The third kappa shape index (κ3) is 2.80. The third-order valence-corrected chi connectivity index (χ3v) is 3.88. The van der Waals surface area contributed by atoms with Crippen LogP contribution in [0, 0.1) is 0 Å². The number of rotatable bonds is 5. The molecule has 3 aromatic rings. The summed E-state index contributed by atoms with van der Waals surface area (Å²) in [6.45, 7) is 2.93. The van der Waals surface area contributed by atoms with E-state index in [1.165, 1.54) is 11.0 Å². The summed E-state index contributed by atoms with van der Waals surface area (Å²) >= 11 is 6.15. The zero-order chi connectivity index (χ0) is 15.5. The van der Waals surface area contributed by atoms with Crippen molar-refractivity contribution in [2.45, 2.75) is 19.5 Å². The molecule has 0 aliphatic rings. The number of hydrogen-bond donors (Lipinski definition) is 1. The SMILES string of the molecule is C[C@@H](C(=O)NCCn1ccc2c(Cl)cccc21)n1cnnn1. The highest BCUT2D eigenvalue weighted by atomic mass is 35.5. The highest BCUT2D eigenvalue weighted by molar-refractivity contribution is 6.35. The second kappa shape index (κ2) is 6.15. The van der Waals surface area contributed by atoms with Crippen LogP contribution in [0.2, 0.25) is 5.02 Å². The molecule has 8 heteroatoms. The number of aromatic nitrogens is 5. The van der Waals surface area contributed by atoms with Gasteiger partial charge in [0.25, 0.3) is 0 Å². The van der Waals surface area contributed by atoms with Crippen LogP contribution >= 0.6 is 11.6 Å². The van der Waals surface area contributed by atoms with Crippen LogP contribution in [0.15, 0.2) is 36.8 Å². The monoisotopic (exact) mass is 318 g/mol. The average molecular weight is 319 g/mol. The third-order valence-electron chi connectivity index (χ3n) is 3.55. The van der Waals surface area contributed by atoms with Gasteiger partial charge in [-0.2, -0.15) is 0 Å². The van der Waals surface area contributed by atoms with Crippen molar-refractivity contribution >= 4 is 28.4 Å². The molecule has 0 saturated carbocycles. The minimum absolute atomic E-state index is 0.123. The van der Waals surface area contributed by atoms with E-state index < -0.39 is 6.04 Å². The van der Waals surface area contributed by atoms with E-state index in [4.69, 9.17) is 11.6 Å². The quantitative estimate of drug-likeness (QED) is 0.776. The second-order valence-electron chi connectivity index (χ2n) is 4.94. The molecule has 1 aromatic carbocycles. The summed E-state index contributed by atoms with van der Waals surface area (Å²) in [6, 6.07) is 7.32. The lowest BCUT2D eigenvalue weighted by atomic mass is 10.2. The number of nitrogens with one attached hydrogen (secondary N) is 1. The summed E-state index contributed by atoms with van der Waals surface area (Å²) in [7, 11) is 0. The van der Waals surface area contributed by atoms with Crippen LogP contribution in [-0.2, 0) is 11.3 Å². The Morgan fingerprint density at radius 1 is 1.41 bits per heavy atom. The molecule has 114 valence electrons. The molecule has 2 aromatic heterocycles. The van der Waals surface area contributed by atoms with E-state index in [9.17, 15) is 4.79 Å². The maximum absolute atomic E-state index is 12.0. The Morgan fingerprint density at radius 3 is 3.05 bits per heavy atom. The van der Waals surface area contributed by atoms with Gasteiger partial charge in [0.1, 0.15) is 12.4 Å². The number of nitrogens with zero attached hydrogens (tertiary/aromatic N) is 5. The highest BCUT2D eigenvalue weighted by Gasteiger charge is 2.15. The minimum atomic E-state index is -0.439. The van der Waals surface area contributed by atoms with Crippen LogP contribution in [0.4, 0.5) is 0 Å². The van der Waals surface area contributed by atoms with Crippen molar-refractivity contribution in [3.8, 4) is 0 Å². The first-order chi connectivity index (χ1) is 10.7. The number of tetrazole rings is 1. The zero-order valence-corrected chi connectivity index (χ0v) is 12.7. The van der Waals surface area contributed by atoms with Gasteiger partial charge < -0.3 is 9.88 Å². The molecular formula is C14H15ClN6O. The number of halogens is 1. The summed E-state index contributed by atoms with van der Waals surface area (Å²) in [5, 5.41) is 15.4. The van der Waals surface area contributed by atoms with Crippen LogP contribution in [0.25, 0.3) is 10.9 Å². The largest absolute Gasteiger partial charge is 0.352 e. The van der Waals surface area contributed by atoms with Crippen molar-refractivity contribution in [2.75, 3.05) is 6.54 Å². The second-order valence-corrected chi connectivity index (χ2v) is 5.35. The van der Waals surface area contributed by atoms with Gasteiger partial charge >= 0.3 is 0 Å². The normalized spacial score (nSPS) is 12.5. The Morgan fingerprint density at radius 2 is 2.27 bits per heavy atom. The number of carbonyl (C=O) groups is 1. The predicted octanol–water partition coefficient (Wildman–Crippen LogP) is 1.66. The molecule has 1 N–H and O–H groups in total. The Bertz CT molecular complexity index is 782. The van der Waals surface area contributed by atoms with E-state index in [1.807, 2.05) is 30.5 Å². The minimum Gasteiger partial charge on any atom is -0.352 e. The Hall–Kier alpha value is -2.41. The van der Waals surface area contributed by atoms with Crippen LogP contribution < -0.4 is 5.32 Å². The molecule has 0 saturated heterocycles. The van der Waals surface area contributed by atoms with Gasteiger partial charge in [0.15, 0.2) is 0 Å². The molecule has 0 aliphatic heterocycles. The Labute approximate surface area is 131 Å². The fourth-order valence-electron chi connectivity index (χ4n) is 2.29. The molecule has 22 heavy (non-hydrogen) atoms. The summed E-state index contributed by atoms with van der Waals surface area (Å²) in [5.41, 5.74) is 1.05. The summed E-state index contributed by atoms with van der Waals surface area (Å²) in [4.78, 5) is 12.0. The van der Waals surface area contributed by atoms with Crippen LogP contribution in [0.5, 0.6) is 0 Å². The van der Waals surface area contributed by atoms with Gasteiger partial charge in [-0.1, -0.05) is 17.7 Å². The standard InChI is InChI=1S/C14H15ClN6O/c1-10(21-9-17-18-19-21)14(22)16-6-8-20-7-5-11-12(15)3-2-4-13(11)20/h2-5,7,9-10H,6,8H2,1H3,(H,16,22)/t10-/m0/s1. The van der Waals surface area contributed by atoms with Gasteiger partial charge in [0.05, 0.1) is 0 Å². The number of hydrogen-bond acceptors (Lipinski definition) is 4. The molecule has 2 heterocycles. The molecule has 7 nitrogen and oxygen atoms in total. The highest BCUT2D eigenvalue weighted by Crippen LogP contribution is 2.23. The van der Waals surface area contributed by atoms with Crippen molar-refractivity contribution in [1.29, 1.82) is 0 Å². The van der Waals surface area contributed by atoms with Gasteiger partial charge in [0, 0.05) is 35.2 Å². The maximum atomic E-state index is 12.0. The molecule has 0 radical (unpaired) electrons. The smallest absolute Gasteiger partial charge is 0.244 e. The molecule has 0 bridgehead atoms. The topological polar surface area (TPSA) is 77.6 Å². The summed E-state index contributed by atoms with van der Waals surface area (Å²) in [5.74, 6) is -0.123. The van der Waals surface area contributed by atoms with Crippen molar-refractivity contribution in [3.63, 3.8) is 0 Å². The molecule has 0 aliphatic carbocycles. The van der Waals surface area contributed by atoms with Crippen molar-refractivity contribution < 1.29 is 4.79 Å². The zero-order valence-electron chi connectivity index (χ0n) is 12.0. The first kappa shape index (κ1) is 14.5. The lowest BCUT2D eigenvalue weighted by Gasteiger charge is -2.12. The summed E-state index contributed by atoms with van der Waals surface area (Å²) < 4.78 is 3.48. The molecule has 3 rings (SSSR count). The molecular weight excluding hydrogens is 304 g/mol. The lowest BCUT2D eigenvalue weighted by Crippen LogP contribution is -2.33. The van der Waals surface area contributed by atoms with E-state index in [2.05, 4.69) is 25.4 Å². The number of carbonyl (C=O) groups excluding carboxylic acids is 1. The number of amides is 1. The van der Waals surface area contributed by atoms with Gasteiger partial charge in [0.2, 0.25) is 5.91 Å². The van der Waals surface area contributed by atoms with Crippen molar-refractivity contribution in [1.82, 2.24) is 30.1 Å². The van der Waals surface area contributed by atoms with E-state index in [0.717, 1.165) is 15.9 Å². The van der Waals surface area contributed by atoms with Gasteiger partial charge in [-0.05, 0) is 35.5 Å². The van der Waals surface area contributed by atoms with Gasteiger partial charge in [-0.3, -0.25) is 4.79 Å². The molecule has 1 atom stereocenters. The van der Waals surface area contributed by atoms with E-state index in [-0.39, 0.29) is 5.91 Å². The van der Waals surface area contributed by atoms with Gasteiger partial charge in [-0.25, -0.2) is 4.68 Å². The lowest BCUT2D eigenvalue weighted by molar-refractivity contribution is -0.124. The molecule has 0 spiro atoms. The van der Waals surface area contributed by atoms with Crippen LogP contribution in [-0.4, -0.2) is 37.2 Å². The summed E-state index contributed by atoms with van der Waals surface area (Å²) in [6.07, 6.45) is 3.39. The fraction of sp³-hybridized carbons (Fsp3) is 0.286. The van der Waals surface area contributed by atoms with Crippen LogP contribution in [0.1, 0.15) is 13.0 Å². The molecule has 1 amide bonds. The molecule has 0 unspecified atom stereocenters. The number of benzene rings is 1. The average Bonchev–Trinajstić information content (AvgIpc) is 3.17. The van der Waals surface area contributed by atoms with Crippen molar-refractivity contribution in [2.24, 2.45) is 0 Å².